The summed E-state index contributed by atoms with van der Waals surface area (Å²) in [6, 6.07) is -0.383. The van der Waals surface area contributed by atoms with Crippen molar-refractivity contribution in [3.05, 3.63) is 0 Å². The predicted molar refractivity (Wildman–Crippen MR) is 47.0 cm³/mol. The van der Waals surface area contributed by atoms with Crippen LogP contribution >= 0.6 is 0 Å². The van der Waals surface area contributed by atoms with Crippen LogP contribution in [0.15, 0.2) is 0 Å². The molecule has 0 bridgehead atoms. The van der Waals surface area contributed by atoms with E-state index in [2.05, 4.69) is 0 Å². The van der Waals surface area contributed by atoms with Crippen molar-refractivity contribution in [3.8, 4) is 0 Å². The second-order valence-corrected chi connectivity index (χ2v) is 3.96. The summed E-state index contributed by atoms with van der Waals surface area (Å²) < 4.78 is 0. The van der Waals surface area contributed by atoms with E-state index in [4.69, 9.17) is 5.73 Å². The molecule has 72 valence electrons. The van der Waals surface area contributed by atoms with Crippen LogP contribution < -0.4 is 5.73 Å². The molecule has 0 aliphatic carbocycles. The fourth-order valence-corrected chi connectivity index (χ4v) is 2.40. The van der Waals surface area contributed by atoms with Gasteiger partial charge in [-0.05, 0) is 25.7 Å². The molecule has 4 heteroatoms. The Labute approximate surface area is 77.1 Å². The fraction of sp³-hybridized carbons (Fsp3) is 0.778. The highest BCUT2D eigenvalue weighted by atomic mass is 16.2. The van der Waals surface area contributed by atoms with Crippen molar-refractivity contribution in [1.82, 2.24) is 4.90 Å². The maximum atomic E-state index is 11.6. The number of nitrogens with two attached hydrogens (primary N) is 1. The minimum Gasteiger partial charge on any atom is -0.329 e. The first-order valence-electron chi connectivity index (χ1n) is 4.73. The standard InChI is InChI=1S/C9H14N2O2/c10-7-2-4-9(6-12)3-1-5-11(9)8(7)13/h6-7H,1-5,10H2/t7-,9?/m0/s1. The average molecular weight is 182 g/mol. The van der Waals surface area contributed by atoms with Gasteiger partial charge in [-0.15, -0.1) is 0 Å². The molecule has 0 aromatic rings. The van der Waals surface area contributed by atoms with E-state index in [1.54, 1.807) is 4.90 Å². The van der Waals surface area contributed by atoms with E-state index in [-0.39, 0.29) is 11.9 Å². The Morgan fingerprint density at radius 3 is 3.00 bits per heavy atom. The minimum absolute atomic E-state index is 0.0455. The van der Waals surface area contributed by atoms with Gasteiger partial charge in [0.05, 0.1) is 11.6 Å². The molecular formula is C9H14N2O2. The zero-order valence-electron chi connectivity index (χ0n) is 7.53. The Morgan fingerprint density at radius 2 is 2.31 bits per heavy atom. The smallest absolute Gasteiger partial charge is 0.240 e. The van der Waals surface area contributed by atoms with Crippen LogP contribution in [0.3, 0.4) is 0 Å². The van der Waals surface area contributed by atoms with Crippen LogP contribution in [0.5, 0.6) is 0 Å². The first kappa shape index (κ1) is 8.69. The first-order chi connectivity index (χ1) is 6.19. The number of fused-ring (bicyclic) bond motifs is 1. The molecule has 2 N–H and O–H groups in total. The third kappa shape index (κ3) is 1.09. The number of rotatable bonds is 1. The molecule has 1 amide bonds. The van der Waals surface area contributed by atoms with E-state index in [0.29, 0.717) is 13.0 Å². The van der Waals surface area contributed by atoms with Crippen molar-refractivity contribution < 1.29 is 9.59 Å². The summed E-state index contributed by atoms with van der Waals surface area (Å²) in [5, 5.41) is 0. The average Bonchev–Trinajstić information content (AvgIpc) is 2.57. The monoisotopic (exact) mass is 182 g/mol. The maximum Gasteiger partial charge on any atom is 0.240 e. The predicted octanol–water partition coefficient (Wildman–Crippen LogP) is -0.332. The van der Waals surface area contributed by atoms with Gasteiger partial charge < -0.3 is 15.4 Å². The molecular weight excluding hydrogens is 168 g/mol. The number of amides is 1. The molecule has 2 heterocycles. The van der Waals surface area contributed by atoms with Crippen LogP contribution in [0, 0.1) is 0 Å². The van der Waals surface area contributed by atoms with Crippen molar-refractivity contribution in [1.29, 1.82) is 0 Å². The molecule has 2 fully saturated rings. The van der Waals surface area contributed by atoms with Crippen molar-refractivity contribution in [2.75, 3.05) is 6.54 Å². The van der Waals surface area contributed by atoms with Gasteiger partial charge in [0.1, 0.15) is 6.29 Å². The van der Waals surface area contributed by atoms with Crippen LogP contribution in [0.2, 0.25) is 0 Å². The second kappa shape index (κ2) is 2.80. The normalized spacial score (nSPS) is 39.0. The van der Waals surface area contributed by atoms with Gasteiger partial charge in [-0.3, -0.25) is 4.79 Å². The van der Waals surface area contributed by atoms with E-state index < -0.39 is 5.54 Å². The van der Waals surface area contributed by atoms with Gasteiger partial charge in [0, 0.05) is 6.54 Å². The summed E-state index contributed by atoms with van der Waals surface area (Å²) >= 11 is 0. The molecule has 0 aromatic carbocycles. The highest BCUT2D eigenvalue weighted by Crippen LogP contribution is 2.36. The summed E-state index contributed by atoms with van der Waals surface area (Å²) in [5.74, 6) is -0.0455. The number of piperidine rings is 1. The third-order valence-corrected chi connectivity index (χ3v) is 3.22. The number of hydrogen-bond acceptors (Lipinski definition) is 3. The Bertz CT molecular complexity index is 254. The largest absolute Gasteiger partial charge is 0.329 e. The lowest BCUT2D eigenvalue weighted by Crippen LogP contribution is -2.58. The number of carbonyl (C=O) groups excluding carboxylic acids is 2. The highest BCUT2D eigenvalue weighted by Gasteiger charge is 2.48. The molecule has 2 aliphatic rings. The van der Waals surface area contributed by atoms with Crippen LogP contribution in [0.25, 0.3) is 0 Å². The van der Waals surface area contributed by atoms with Crippen molar-refractivity contribution in [2.24, 2.45) is 5.73 Å². The Balaban J connectivity index is 2.28. The van der Waals surface area contributed by atoms with E-state index in [9.17, 15) is 9.59 Å². The Kier molecular flexibility index (Phi) is 1.87. The van der Waals surface area contributed by atoms with Gasteiger partial charge >= 0.3 is 0 Å². The SMILES string of the molecule is N[C@H]1CCC2(C=O)CCCN2C1=O. The number of carbonyl (C=O) groups is 2. The van der Waals surface area contributed by atoms with Crippen molar-refractivity contribution in [2.45, 2.75) is 37.3 Å². The highest BCUT2D eigenvalue weighted by molar-refractivity contribution is 5.88. The minimum atomic E-state index is -0.493. The zero-order valence-corrected chi connectivity index (χ0v) is 7.53. The van der Waals surface area contributed by atoms with Gasteiger partial charge in [0.25, 0.3) is 0 Å². The summed E-state index contributed by atoms with van der Waals surface area (Å²) in [4.78, 5) is 24.3. The maximum absolute atomic E-state index is 11.6. The second-order valence-electron chi connectivity index (χ2n) is 3.96. The van der Waals surface area contributed by atoms with E-state index in [1.165, 1.54) is 0 Å². The van der Waals surface area contributed by atoms with E-state index >= 15 is 0 Å². The first-order valence-corrected chi connectivity index (χ1v) is 4.73. The van der Waals surface area contributed by atoms with E-state index in [0.717, 1.165) is 25.5 Å². The molecule has 13 heavy (non-hydrogen) atoms. The molecule has 0 radical (unpaired) electrons. The summed E-state index contributed by atoms with van der Waals surface area (Å²) in [7, 11) is 0. The van der Waals surface area contributed by atoms with E-state index in [1.807, 2.05) is 0 Å². The fourth-order valence-electron chi connectivity index (χ4n) is 2.40. The van der Waals surface area contributed by atoms with Gasteiger partial charge in [-0.25, -0.2) is 0 Å². The quantitative estimate of drug-likeness (QED) is 0.565. The lowest BCUT2D eigenvalue weighted by atomic mass is 9.86. The molecule has 4 nitrogen and oxygen atoms in total. The number of hydrogen-bond donors (Lipinski definition) is 1. The lowest BCUT2D eigenvalue weighted by Gasteiger charge is -2.40. The topological polar surface area (TPSA) is 63.4 Å². The molecule has 0 aromatic heterocycles. The van der Waals surface area contributed by atoms with Gasteiger partial charge in [0.2, 0.25) is 5.91 Å². The molecule has 2 aliphatic heterocycles. The molecule has 0 saturated carbocycles. The van der Waals surface area contributed by atoms with Crippen molar-refractivity contribution >= 4 is 12.2 Å². The molecule has 2 saturated heterocycles. The van der Waals surface area contributed by atoms with Gasteiger partial charge in [-0.2, -0.15) is 0 Å². The Morgan fingerprint density at radius 1 is 1.54 bits per heavy atom. The number of nitrogens with zero attached hydrogens (tertiary/aromatic N) is 1. The summed E-state index contributed by atoms with van der Waals surface area (Å²) in [6.07, 6.45) is 4.06. The van der Waals surface area contributed by atoms with Crippen molar-refractivity contribution in [3.63, 3.8) is 0 Å². The van der Waals surface area contributed by atoms with Crippen LogP contribution in [-0.2, 0) is 9.59 Å². The summed E-state index contributed by atoms with van der Waals surface area (Å²) in [5.41, 5.74) is 5.15. The lowest BCUT2D eigenvalue weighted by molar-refractivity contribution is -0.144. The molecule has 2 rings (SSSR count). The van der Waals surface area contributed by atoms with Crippen LogP contribution in [0.4, 0.5) is 0 Å². The molecule has 0 spiro atoms. The molecule has 1 unspecified atom stereocenters. The zero-order chi connectivity index (χ0) is 9.47. The third-order valence-electron chi connectivity index (χ3n) is 3.22. The van der Waals surface area contributed by atoms with Gasteiger partial charge in [0.15, 0.2) is 0 Å². The Hall–Kier alpha value is -0.900. The number of aldehydes is 1. The van der Waals surface area contributed by atoms with Crippen LogP contribution in [0.1, 0.15) is 25.7 Å². The van der Waals surface area contributed by atoms with Crippen LogP contribution in [-0.4, -0.2) is 35.2 Å². The molecule has 2 atom stereocenters. The summed E-state index contributed by atoms with van der Waals surface area (Å²) in [6.45, 7) is 0.700. The van der Waals surface area contributed by atoms with Gasteiger partial charge in [-0.1, -0.05) is 0 Å².